The van der Waals surface area contributed by atoms with Gasteiger partial charge in [-0.15, -0.1) is 0 Å². The number of carbonyl (C=O) groups is 1. The lowest BCUT2D eigenvalue weighted by Gasteiger charge is -2.12. The van der Waals surface area contributed by atoms with Crippen LogP contribution in [0.1, 0.15) is 15.9 Å². The van der Waals surface area contributed by atoms with Crippen molar-refractivity contribution in [2.45, 2.75) is 6.54 Å². The Kier molecular flexibility index (Phi) is 4.69. The van der Waals surface area contributed by atoms with Crippen LogP contribution >= 0.6 is 11.6 Å². The molecule has 2 aromatic carbocycles. The molecule has 8 heteroatoms. The molecule has 0 saturated heterocycles. The highest BCUT2D eigenvalue weighted by atomic mass is 35.5. The van der Waals surface area contributed by atoms with Gasteiger partial charge in [0.25, 0.3) is 11.5 Å². The number of nitrogens with zero attached hydrogens (tertiary/aromatic N) is 2. The molecule has 0 unspecified atom stereocenters. The van der Waals surface area contributed by atoms with Crippen molar-refractivity contribution in [3.63, 3.8) is 0 Å². The summed E-state index contributed by atoms with van der Waals surface area (Å²) in [6, 6.07) is 11.7. The zero-order chi connectivity index (χ0) is 18.0. The van der Waals surface area contributed by atoms with Gasteiger partial charge in [-0.3, -0.25) is 19.4 Å². The van der Waals surface area contributed by atoms with Gasteiger partial charge in [0.15, 0.2) is 0 Å². The number of hydrogen-bond acceptors (Lipinski definition) is 5. The minimum Gasteiger partial charge on any atom is -0.351 e. The first-order valence-corrected chi connectivity index (χ1v) is 7.81. The number of amides is 1. The molecule has 0 radical (unpaired) electrons. The quantitative estimate of drug-likeness (QED) is 0.491. The Hall–Kier alpha value is -2.90. The molecule has 1 aromatic heterocycles. The summed E-state index contributed by atoms with van der Waals surface area (Å²) < 4.78 is 1.41. The molecule has 0 atom stereocenters. The van der Waals surface area contributed by atoms with E-state index in [1.54, 1.807) is 24.7 Å². The van der Waals surface area contributed by atoms with Gasteiger partial charge in [-0.25, -0.2) is 10.5 Å². The monoisotopic (exact) mass is 358 g/mol. The van der Waals surface area contributed by atoms with Crippen molar-refractivity contribution in [3.05, 3.63) is 69.0 Å². The van der Waals surface area contributed by atoms with Crippen LogP contribution in [0, 0.1) is 0 Å². The molecular formula is C17H15ClN4O3. The first-order chi connectivity index (χ1) is 12.0. The number of anilines is 1. The van der Waals surface area contributed by atoms with Gasteiger partial charge < -0.3 is 5.32 Å². The number of carbonyl (C=O) groups excluding carboxylic acids is 1. The van der Waals surface area contributed by atoms with Crippen LogP contribution in [0.3, 0.4) is 0 Å². The zero-order valence-corrected chi connectivity index (χ0v) is 14.0. The van der Waals surface area contributed by atoms with E-state index in [0.717, 1.165) is 5.56 Å². The first kappa shape index (κ1) is 16.9. The molecule has 25 heavy (non-hydrogen) atoms. The summed E-state index contributed by atoms with van der Waals surface area (Å²) in [5.41, 5.74) is 2.88. The Morgan fingerprint density at radius 3 is 2.64 bits per heavy atom. The summed E-state index contributed by atoms with van der Waals surface area (Å²) in [6.45, 7) is 0.458. The van der Waals surface area contributed by atoms with Crippen LogP contribution in [-0.2, 0) is 13.6 Å². The van der Waals surface area contributed by atoms with Crippen molar-refractivity contribution in [2.24, 2.45) is 7.05 Å². The van der Waals surface area contributed by atoms with Crippen molar-refractivity contribution in [1.29, 1.82) is 0 Å². The van der Waals surface area contributed by atoms with Crippen LogP contribution < -0.4 is 16.4 Å². The largest absolute Gasteiger partial charge is 0.351 e. The maximum Gasteiger partial charge on any atom is 0.274 e. The van der Waals surface area contributed by atoms with Gasteiger partial charge in [0.2, 0.25) is 5.95 Å². The van der Waals surface area contributed by atoms with Crippen molar-refractivity contribution >= 4 is 34.4 Å². The molecule has 1 amide bonds. The number of nitrogens with one attached hydrogen (secondary N) is 2. The number of hydrogen-bond donors (Lipinski definition) is 3. The lowest BCUT2D eigenvalue weighted by Crippen LogP contribution is -2.23. The van der Waals surface area contributed by atoms with E-state index in [9.17, 15) is 9.59 Å². The van der Waals surface area contributed by atoms with Gasteiger partial charge in [0.05, 0.1) is 10.9 Å². The summed E-state index contributed by atoms with van der Waals surface area (Å²) >= 11 is 5.86. The summed E-state index contributed by atoms with van der Waals surface area (Å²) in [4.78, 5) is 28.4. The molecule has 0 saturated carbocycles. The van der Waals surface area contributed by atoms with Crippen LogP contribution in [0.25, 0.3) is 10.9 Å². The molecule has 128 valence electrons. The molecule has 7 nitrogen and oxygen atoms in total. The summed E-state index contributed by atoms with van der Waals surface area (Å²) in [5.74, 6) is -0.297. The second kappa shape index (κ2) is 6.92. The van der Waals surface area contributed by atoms with E-state index in [4.69, 9.17) is 16.8 Å². The highest BCUT2D eigenvalue weighted by molar-refractivity contribution is 6.30. The molecule has 0 aliphatic rings. The minimum atomic E-state index is -0.667. The average Bonchev–Trinajstić information content (AvgIpc) is 2.63. The zero-order valence-electron chi connectivity index (χ0n) is 13.3. The van der Waals surface area contributed by atoms with Gasteiger partial charge in [0, 0.05) is 24.2 Å². The van der Waals surface area contributed by atoms with Crippen LogP contribution in [0.2, 0.25) is 5.02 Å². The smallest absolute Gasteiger partial charge is 0.274 e. The second-order valence-electron chi connectivity index (χ2n) is 5.45. The average molecular weight is 359 g/mol. The molecule has 3 N–H and O–H groups in total. The molecule has 0 aliphatic heterocycles. The van der Waals surface area contributed by atoms with Crippen LogP contribution in [0.5, 0.6) is 0 Å². The maximum atomic E-state index is 12.5. The van der Waals surface area contributed by atoms with Gasteiger partial charge in [-0.05, 0) is 35.9 Å². The molecule has 1 heterocycles. The predicted molar refractivity (Wildman–Crippen MR) is 95.0 cm³/mol. The van der Waals surface area contributed by atoms with E-state index < -0.39 is 5.91 Å². The Bertz CT molecular complexity index is 999. The van der Waals surface area contributed by atoms with E-state index in [2.05, 4.69) is 10.3 Å². The van der Waals surface area contributed by atoms with Crippen LogP contribution in [0.15, 0.2) is 47.3 Å². The van der Waals surface area contributed by atoms with Crippen molar-refractivity contribution in [2.75, 3.05) is 5.32 Å². The van der Waals surface area contributed by atoms with Crippen molar-refractivity contribution in [1.82, 2.24) is 15.0 Å². The summed E-state index contributed by atoms with van der Waals surface area (Å²) in [5, 5.41) is 12.9. The number of hydroxylamine groups is 1. The molecule has 3 aromatic rings. The van der Waals surface area contributed by atoms with E-state index in [1.807, 2.05) is 12.1 Å². The number of rotatable bonds is 4. The molecule has 0 bridgehead atoms. The predicted octanol–water partition coefficient (Wildman–Crippen LogP) is 2.32. The Morgan fingerprint density at radius 2 is 1.96 bits per heavy atom. The van der Waals surface area contributed by atoms with Gasteiger partial charge in [0.1, 0.15) is 0 Å². The highest BCUT2D eigenvalue weighted by Crippen LogP contribution is 2.15. The van der Waals surface area contributed by atoms with E-state index in [0.29, 0.717) is 28.4 Å². The van der Waals surface area contributed by atoms with Gasteiger partial charge >= 0.3 is 0 Å². The SMILES string of the molecule is Cn1c(NCc2ccc(Cl)cc2)nc2cc(C(=O)NO)ccc2c1=O. The fourth-order valence-electron chi connectivity index (χ4n) is 2.42. The molecule has 0 spiro atoms. The van der Waals surface area contributed by atoms with Crippen molar-refractivity contribution in [3.8, 4) is 0 Å². The second-order valence-corrected chi connectivity index (χ2v) is 5.89. The van der Waals surface area contributed by atoms with Crippen LogP contribution in [-0.4, -0.2) is 20.7 Å². The number of fused-ring (bicyclic) bond motifs is 1. The highest BCUT2D eigenvalue weighted by Gasteiger charge is 2.11. The van der Waals surface area contributed by atoms with E-state index >= 15 is 0 Å². The fraction of sp³-hybridized carbons (Fsp3) is 0.118. The summed E-state index contributed by atoms with van der Waals surface area (Å²) in [7, 11) is 1.62. The third-order valence-corrected chi connectivity index (χ3v) is 4.06. The standard InChI is InChI=1S/C17H15ClN4O3/c1-22-16(24)13-7-4-11(15(23)21-25)8-14(13)20-17(22)19-9-10-2-5-12(18)6-3-10/h2-8,25H,9H2,1H3,(H,19,20)(H,21,23). The Morgan fingerprint density at radius 1 is 1.24 bits per heavy atom. The fourth-order valence-corrected chi connectivity index (χ4v) is 2.54. The Balaban J connectivity index is 1.96. The normalized spacial score (nSPS) is 10.7. The minimum absolute atomic E-state index is 0.208. The topological polar surface area (TPSA) is 96.2 Å². The van der Waals surface area contributed by atoms with Crippen LogP contribution in [0.4, 0.5) is 5.95 Å². The molecule has 0 aliphatic carbocycles. The molecule has 0 fully saturated rings. The first-order valence-electron chi connectivity index (χ1n) is 7.43. The lowest BCUT2D eigenvalue weighted by atomic mass is 10.1. The number of benzene rings is 2. The van der Waals surface area contributed by atoms with Crippen molar-refractivity contribution < 1.29 is 10.0 Å². The lowest BCUT2D eigenvalue weighted by molar-refractivity contribution is 0.0706. The maximum absolute atomic E-state index is 12.5. The van der Waals surface area contributed by atoms with E-state index in [-0.39, 0.29) is 11.1 Å². The number of halogens is 1. The Labute approximate surface area is 147 Å². The molecule has 3 rings (SSSR count). The number of aromatic nitrogens is 2. The molecular weight excluding hydrogens is 344 g/mol. The third-order valence-electron chi connectivity index (χ3n) is 3.80. The summed E-state index contributed by atoms with van der Waals surface area (Å²) in [6.07, 6.45) is 0. The van der Waals surface area contributed by atoms with Gasteiger partial charge in [-0.1, -0.05) is 23.7 Å². The third kappa shape index (κ3) is 3.47. The van der Waals surface area contributed by atoms with E-state index in [1.165, 1.54) is 22.8 Å². The van der Waals surface area contributed by atoms with Gasteiger partial charge in [-0.2, -0.15) is 0 Å².